The minimum Gasteiger partial charge on any atom is -0.439 e. The molecule has 0 saturated carbocycles. The zero-order chi connectivity index (χ0) is 24.3. The summed E-state index contributed by atoms with van der Waals surface area (Å²) in [6, 6.07) is 15.2. The topological polar surface area (TPSA) is 91.8 Å². The van der Waals surface area contributed by atoms with E-state index in [1.54, 1.807) is 24.3 Å². The highest BCUT2D eigenvalue weighted by Gasteiger charge is 2.28. The Hall–Kier alpha value is -3.27. The molecule has 1 fully saturated rings. The van der Waals surface area contributed by atoms with Crippen LogP contribution < -0.4 is 10.1 Å². The molecule has 34 heavy (non-hydrogen) atoms. The number of aryl methyl sites for hydroxylation is 2. The molecular weight excluding hydrogens is 452 g/mol. The molecule has 9 heteroatoms. The first-order chi connectivity index (χ1) is 16.2. The molecular formula is C25H28N4O4S. The van der Waals surface area contributed by atoms with Gasteiger partial charge in [-0.2, -0.15) is 4.31 Å². The van der Waals surface area contributed by atoms with Gasteiger partial charge in [-0.15, -0.1) is 0 Å². The maximum absolute atomic E-state index is 13.0. The minimum absolute atomic E-state index is 0.111. The molecule has 178 valence electrons. The van der Waals surface area contributed by atoms with E-state index in [0.29, 0.717) is 43.5 Å². The lowest BCUT2D eigenvalue weighted by Crippen LogP contribution is -2.47. The lowest BCUT2D eigenvalue weighted by atomic mass is 10.1. The van der Waals surface area contributed by atoms with Gasteiger partial charge in [-0.25, -0.2) is 13.4 Å². The second-order valence-electron chi connectivity index (χ2n) is 8.42. The lowest BCUT2D eigenvalue weighted by Gasteiger charge is -2.31. The van der Waals surface area contributed by atoms with Crippen molar-refractivity contribution in [3.8, 4) is 11.6 Å². The predicted molar refractivity (Wildman–Crippen MR) is 131 cm³/mol. The molecule has 1 amide bonds. The van der Waals surface area contributed by atoms with Crippen LogP contribution in [0.25, 0.3) is 0 Å². The minimum atomic E-state index is -3.66. The number of sulfonamides is 1. The summed E-state index contributed by atoms with van der Waals surface area (Å²) in [5.74, 6) is 0.673. The van der Waals surface area contributed by atoms with E-state index < -0.39 is 15.9 Å². The van der Waals surface area contributed by atoms with Crippen LogP contribution in [0.3, 0.4) is 0 Å². The van der Waals surface area contributed by atoms with E-state index in [1.165, 1.54) is 28.2 Å². The third-order valence-electron chi connectivity index (χ3n) is 5.89. The van der Waals surface area contributed by atoms with E-state index in [9.17, 15) is 13.2 Å². The van der Waals surface area contributed by atoms with Crippen molar-refractivity contribution in [2.75, 3.05) is 38.5 Å². The van der Waals surface area contributed by atoms with Gasteiger partial charge in [0, 0.05) is 37.8 Å². The SMILES string of the molecule is Cc1ccc(Oc2ccc(NC(=O)c3cccc(S(=O)(=O)N4CCN(C)CC4)c3)cn2)cc1C. The van der Waals surface area contributed by atoms with E-state index in [2.05, 4.69) is 15.2 Å². The number of rotatable bonds is 6. The van der Waals surface area contributed by atoms with Crippen molar-refractivity contribution in [2.45, 2.75) is 18.7 Å². The average molecular weight is 481 g/mol. The molecule has 1 aromatic heterocycles. The Morgan fingerprint density at radius 2 is 1.74 bits per heavy atom. The quantitative estimate of drug-likeness (QED) is 0.579. The molecule has 1 aliphatic rings. The van der Waals surface area contributed by atoms with E-state index >= 15 is 0 Å². The number of aromatic nitrogens is 1. The van der Waals surface area contributed by atoms with Gasteiger partial charge in [0.2, 0.25) is 15.9 Å². The summed E-state index contributed by atoms with van der Waals surface area (Å²) in [6.45, 7) is 6.26. The van der Waals surface area contributed by atoms with Gasteiger partial charge in [-0.3, -0.25) is 4.79 Å². The maximum atomic E-state index is 13.0. The zero-order valence-corrected chi connectivity index (χ0v) is 20.3. The number of pyridine rings is 1. The Balaban J connectivity index is 1.43. The van der Waals surface area contributed by atoms with Crippen molar-refractivity contribution in [3.05, 3.63) is 77.5 Å². The molecule has 0 atom stereocenters. The molecule has 0 unspecified atom stereocenters. The maximum Gasteiger partial charge on any atom is 0.255 e. The molecule has 2 heterocycles. The number of carbonyl (C=O) groups excluding carboxylic acids is 1. The van der Waals surface area contributed by atoms with Crippen LogP contribution in [0.5, 0.6) is 11.6 Å². The highest BCUT2D eigenvalue weighted by atomic mass is 32.2. The van der Waals surface area contributed by atoms with Crippen LogP contribution in [-0.4, -0.2) is 61.7 Å². The summed E-state index contributed by atoms with van der Waals surface area (Å²) in [7, 11) is -1.69. The van der Waals surface area contributed by atoms with Crippen molar-refractivity contribution in [1.82, 2.24) is 14.2 Å². The molecule has 4 rings (SSSR count). The van der Waals surface area contributed by atoms with E-state index in [-0.39, 0.29) is 10.5 Å². The highest BCUT2D eigenvalue weighted by Crippen LogP contribution is 2.24. The molecule has 0 radical (unpaired) electrons. The van der Waals surface area contributed by atoms with Crippen LogP contribution in [0.4, 0.5) is 5.69 Å². The van der Waals surface area contributed by atoms with Gasteiger partial charge < -0.3 is 15.0 Å². The second kappa shape index (κ2) is 9.92. The summed E-state index contributed by atoms with van der Waals surface area (Å²) in [4.78, 5) is 19.2. The first kappa shape index (κ1) is 23.9. The second-order valence-corrected chi connectivity index (χ2v) is 10.4. The van der Waals surface area contributed by atoms with Crippen LogP contribution in [0, 0.1) is 13.8 Å². The number of hydrogen-bond donors (Lipinski definition) is 1. The molecule has 8 nitrogen and oxygen atoms in total. The summed E-state index contributed by atoms with van der Waals surface area (Å²) in [5.41, 5.74) is 3.03. The van der Waals surface area contributed by atoms with Crippen LogP contribution >= 0.6 is 0 Å². The Labute approximate surface area is 200 Å². The van der Waals surface area contributed by atoms with Crippen molar-refractivity contribution < 1.29 is 17.9 Å². The Kier molecular flexibility index (Phi) is 6.97. The van der Waals surface area contributed by atoms with Gasteiger partial charge in [-0.1, -0.05) is 12.1 Å². The third-order valence-corrected chi connectivity index (χ3v) is 7.79. The average Bonchev–Trinajstić information content (AvgIpc) is 2.83. The fourth-order valence-corrected chi connectivity index (χ4v) is 5.06. The molecule has 0 bridgehead atoms. The Bertz CT molecular complexity index is 1280. The number of amides is 1. The number of carbonyl (C=O) groups is 1. The van der Waals surface area contributed by atoms with Gasteiger partial charge in [0.05, 0.1) is 16.8 Å². The molecule has 0 aliphatic carbocycles. The van der Waals surface area contributed by atoms with Gasteiger partial charge in [-0.05, 0) is 68.4 Å². The standard InChI is InChI=1S/C25H28N4O4S/c1-18-7-9-22(15-19(18)2)33-24-10-8-21(17-26-24)27-25(30)20-5-4-6-23(16-20)34(31,32)29-13-11-28(3)12-14-29/h4-10,15-17H,11-14H2,1-3H3,(H,27,30). The number of anilines is 1. The smallest absolute Gasteiger partial charge is 0.255 e. The summed E-state index contributed by atoms with van der Waals surface area (Å²) < 4.78 is 33.3. The predicted octanol–water partition coefficient (Wildman–Crippen LogP) is 3.68. The fourth-order valence-electron chi connectivity index (χ4n) is 3.59. The van der Waals surface area contributed by atoms with E-state index in [0.717, 1.165) is 5.56 Å². The van der Waals surface area contributed by atoms with Gasteiger partial charge in [0.15, 0.2) is 0 Å². The normalized spacial score (nSPS) is 15.1. The first-order valence-electron chi connectivity index (χ1n) is 11.0. The van der Waals surface area contributed by atoms with Gasteiger partial charge in [0.25, 0.3) is 5.91 Å². The number of piperazine rings is 1. The van der Waals surface area contributed by atoms with Crippen molar-refractivity contribution in [1.29, 1.82) is 0 Å². The molecule has 1 N–H and O–H groups in total. The van der Waals surface area contributed by atoms with Crippen LogP contribution in [-0.2, 0) is 10.0 Å². The van der Waals surface area contributed by atoms with Crippen molar-refractivity contribution >= 4 is 21.6 Å². The summed E-state index contributed by atoms with van der Waals surface area (Å²) >= 11 is 0. The fraction of sp³-hybridized carbons (Fsp3) is 0.280. The number of nitrogens with one attached hydrogen (secondary N) is 1. The van der Waals surface area contributed by atoms with Crippen LogP contribution in [0.1, 0.15) is 21.5 Å². The van der Waals surface area contributed by atoms with Crippen molar-refractivity contribution in [2.24, 2.45) is 0 Å². The number of nitrogens with zero attached hydrogens (tertiary/aromatic N) is 3. The number of ether oxygens (including phenoxy) is 1. The monoisotopic (exact) mass is 480 g/mol. The molecule has 1 aliphatic heterocycles. The first-order valence-corrected chi connectivity index (χ1v) is 12.5. The van der Waals surface area contributed by atoms with Crippen LogP contribution in [0.15, 0.2) is 65.7 Å². The Morgan fingerprint density at radius 3 is 2.41 bits per heavy atom. The largest absolute Gasteiger partial charge is 0.439 e. The molecule has 0 spiro atoms. The molecule has 1 saturated heterocycles. The number of benzene rings is 2. The van der Waals surface area contributed by atoms with E-state index in [4.69, 9.17) is 4.74 Å². The summed E-state index contributed by atoms with van der Waals surface area (Å²) in [6.07, 6.45) is 1.50. The lowest BCUT2D eigenvalue weighted by molar-refractivity contribution is 0.102. The number of hydrogen-bond acceptors (Lipinski definition) is 6. The van der Waals surface area contributed by atoms with Crippen molar-refractivity contribution in [3.63, 3.8) is 0 Å². The molecule has 3 aromatic rings. The zero-order valence-electron chi connectivity index (χ0n) is 19.5. The van der Waals surface area contributed by atoms with Gasteiger partial charge in [0.1, 0.15) is 5.75 Å². The Morgan fingerprint density at radius 1 is 0.971 bits per heavy atom. The summed E-state index contributed by atoms with van der Waals surface area (Å²) in [5, 5.41) is 2.76. The van der Waals surface area contributed by atoms with E-state index in [1.807, 2.05) is 39.1 Å². The molecule has 2 aromatic carbocycles. The number of likely N-dealkylation sites (N-methyl/N-ethyl adjacent to an activating group) is 1. The highest BCUT2D eigenvalue weighted by molar-refractivity contribution is 7.89. The van der Waals surface area contributed by atoms with Gasteiger partial charge >= 0.3 is 0 Å². The third kappa shape index (κ3) is 5.44. The van der Waals surface area contributed by atoms with Crippen LogP contribution in [0.2, 0.25) is 0 Å².